The van der Waals surface area contributed by atoms with Crippen LogP contribution >= 0.6 is 0 Å². The van der Waals surface area contributed by atoms with Crippen LogP contribution in [0.2, 0.25) is 0 Å². The van der Waals surface area contributed by atoms with E-state index in [0.717, 1.165) is 37.6 Å². The van der Waals surface area contributed by atoms with Crippen molar-refractivity contribution < 1.29 is 13.2 Å². The predicted molar refractivity (Wildman–Crippen MR) is 110 cm³/mol. The molecule has 0 aromatic heterocycles. The number of aliphatic imine (C=N–C) groups is 1. The monoisotopic (exact) mass is 395 g/mol. The van der Waals surface area contributed by atoms with Crippen LogP contribution in [0.15, 0.2) is 34.2 Å². The summed E-state index contributed by atoms with van der Waals surface area (Å²) in [7, 11) is -3.16. The number of sulfone groups is 1. The molecule has 0 amide bonds. The van der Waals surface area contributed by atoms with Crippen LogP contribution in [-0.4, -0.2) is 46.4 Å². The molecular weight excluding hydrogens is 362 g/mol. The van der Waals surface area contributed by atoms with Crippen LogP contribution < -0.4 is 10.6 Å². The number of nitrogens with zero attached hydrogens (tertiary/aromatic N) is 1. The predicted octanol–water partition coefficient (Wildman–Crippen LogP) is 2.88. The summed E-state index contributed by atoms with van der Waals surface area (Å²) in [6.45, 7) is 4.91. The third-order valence-electron chi connectivity index (χ3n) is 4.63. The Hall–Kier alpha value is -1.60. The third kappa shape index (κ3) is 8.30. The minimum absolute atomic E-state index is 0.332. The Labute approximate surface area is 163 Å². The van der Waals surface area contributed by atoms with Gasteiger partial charge in [-0.2, -0.15) is 0 Å². The molecule has 0 saturated heterocycles. The molecule has 0 radical (unpaired) electrons. The molecule has 0 unspecified atom stereocenters. The molecule has 1 saturated carbocycles. The molecule has 1 aromatic carbocycles. The van der Waals surface area contributed by atoms with Gasteiger partial charge in [-0.15, -0.1) is 0 Å². The highest BCUT2D eigenvalue weighted by molar-refractivity contribution is 7.90. The Morgan fingerprint density at radius 3 is 2.48 bits per heavy atom. The number of rotatable bonds is 9. The second-order valence-corrected chi connectivity index (χ2v) is 9.04. The minimum atomic E-state index is -3.16. The van der Waals surface area contributed by atoms with Crippen molar-refractivity contribution in [3.8, 4) is 0 Å². The molecule has 0 aliphatic heterocycles. The summed E-state index contributed by atoms with van der Waals surface area (Å²) in [6.07, 6.45) is 8.97. The summed E-state index contributed by atoms with van der Waals surface area (Å²) in [4.78, 5) is 4.90. The van der Waals surface area contributed by atoms with Crippen LogP contribution in [0.25, 0.3) is 0 Å². The van der Waals surface area contributed by atoms with Crippen molar-refractivity contribution in [1.82, 2.24) is 10.6 Å². The molecule has 1 aromatic rings. The molecule has 0 heterocycles. The Kier molecular flexibility index (Phi) is 9.07. The van der Waals surface area contributed by atoms with Crippen molar-refractivity contribution in [1.29, 1.82) is 0 Å². The Morgan fingerprint density at radius 2 is 1.85 bits per heavy atom. The van der Waals surface area contributed by atoms with Gasteiger partial charge in [0.2, 0.25) is 0 Å². The van der Waals surface area contributed by atoms with Gasteiger partial charge in [-0.1, -0.05) is 31.4 Å². The van der Waals surface area contributed by atoms with Crippen LogP contribution in [0.3, 0.4) is 0 Å². The zero-order valence-electron chi connectivity index (χ0n) is 16.5. The zero-order chi connectivity index (χ0) is 19.5. The van der Waals surface area contributed by atoms with E-state index in [-0.39, 0.29) is 0 Å². The molecule has 0 spiro atoms. The van der Waals surface area contributed by atoms with Gasteiger partial charge >= 0.3 is 0 Å². The number of benzene rings is 1. The van der Waals surface area contributed by atoms with E-state index < -0.39 is 9.84 Å². The summed E-state index contributed by atoms with van der Waals surface area (Å²) in [5.41, 5.74) is 0.972. The topological polar surface area (TPSA) is 79.8 Å². The lowest BCUT2D eigenvalue weighted by Gasteiger charge is -2.22. The average Bonchev–Trinajstić information content (AvgIpc) is 2.66. The maximum atomic E-state index is 11.5. The van der Waals surface area contributed by atoms with E-state index in [0.29, 0.717) is 17.5 Å². The lowest BCUT2D eigenvalue weighted by molar-refractivity contribution is 0.0277. The molecule has 7 heteroatoms. The van der Waals surface area contributed by atoms with Gasteiger partial charge in [0.25, 0.3) is 0 Å². The number of ether oxygens (including phenoxy) is 1. The van der Waals surface area contributed by atoms with Crippen LogP contribution in [-0.2, 0) is 21.1 Å². The standard InChI is InChI=1S/C20H33N3O3S/c1-3-21-20(22-14-7-15-26-18-8-5-4-6-9-18)23-16-17-10-12-19(13-11-17)27(2,24)25/h10-13,18H,3-9,14-16H2,1-2H3,(H2,21,22,23). The fraction of sp³-hybridized carbons (Fsp3) is 0.650. The van der Waals surface area contributed by atoms with Crippen molar-refractivity contribution >= 4 is 15.8 Å². The second-order valence-electron chi connectivity index (χ2n) is 7.02. The number of guanidine groups is 1. The first-order chi connectivity index (χ1) is 13.0. The highest BCUT2D eigenvalue weighted by Gasteiger charge is 2.13. The quantitative estimate of drug-likeness (QED) is 0.382. The van der Waals surface area contributed by atoms with E-state index in [9.17, 15) is 8.42 Å². The van der Waals surface area contributed by atoms with E-state index in [4.69, 9.17) is 4.74 Å². The van der Waals surface area contributed by atoms with Gasteiger partial charge in [0.15, 0.2) is 15.8 Å². The number of hydrogen-bond donors (Lipinski definition) is 2. The highest BCUT2D eigenvalue weighted by atomic mass is 32.2. The van der Waals surface area contributed by atoms with Gasteiger partial charge < -0.3 is 15.4 Å². The number of nitrogens with one attached hydrogen (secondary N) is 2. The molecule has 27 heavy (non-hydrogen) atoms. The van der Waals surface area contributed by atoms with Crippen LogP contribution in [0.4, 0.5) is 0 Å². The van der Waals surface area contributed by atoms with Gasteiger partial charge in [0, 0.05) is 26.0 Å². The van der Waals surface area contributed by atoms with E-state index in [1.165, 1.54) is 38.4 Å². The van der Waals surface area contributed by atoms with Crippen molar-refractivity contribution in [2.75, 3.05) is 26.0 Å². The Bertz CT molecular complexity index is 681. The van der Waals surface area contributed by atoms with Gasteiger partial charge in [-0.3, -0.25) is 0 Å². The zero-order valence-corrected chi connectivity index (χ0v) is 17.4. The van der Waals surface area contributed by atoms with Crippen molar-refractivity contribution in [3.63, 3.8) is 0 Å². The molecule has 6 nitrogen and oxygen atoms in total. The van der Waals surface area contributed by atoms with Crippen molar-refractivity contribution in [3.05, 3.63) is 29.8 Å². The molecule has 1 aliphatic rings. The SMILES string of the molecule is CCNC(=NCc1ccc(S(C)(=O)=O)cc1)NCCCOC1CCCCC1. The van der Waals surface area contributed by atoms with Crippen LogP contribution in [0.5, 0.6) is 0 Å². The summed E-state index contributed by atoms with van der Waals surface area (Å²) in [5.74, 6) is 0.766. The second kappa shape index (κ2) is 11.3. The Morgan fingerprint density at radius 1 is 1.15 bits per heavy atom. The lowest BCUT2D eigenvalue weighted by Crippen LogP contribution is -2.38. The van der Waals surface area contributed by atoms with E-state index in [2.05, 4.69) is 15.6 Å². The normalized spacial score (nSPS) is 16.3. The molecule has 1 fully saturated rings. The van der Waals surface area contributed by atoms with Gasteiger partial charge in [-0.05, 0) is 43.9 Å². The van der Waals surface area contributed by atoms with E-state index >= 15 is 0 Å². The van der Waals surface area contributed by atoms with Gasteiger partial charge in [0.1, 0.15) is 0 Å². The first-order valence-electron chi connectivity index (χ1n) is 9.92. The average molecular weight is 396 g/mol. The fourth-order valence-electron chi connectivity index (χ4n) is 3.11. The molecular formula is C20H33N3O3S. The van der Waals surface area contributed by atoms with Crippen molar-refractivity contribution in [2.45, 2.75) is 63.0 Å². The summed E-state index contributed by atoms with van der Waals surface area (Å²) in [5, 5.41) is 6.56. The molecule has 2 rings (SSSR count). The maximum absolute atomic E-state index is 11.5. The molecule has 1 aliphatic carbocycles. The summed E-state index contributed by atoms with van der Waals surface area (Å²) >= 11 is 0. The maximum Gasteiger partial charge on any atom is 0.191 e. The first-order valence-corrected chi connectivity index (χ1v) is 11.8. The first kappa shape index (κ1) is 21.7. The molecule has 2 N–H and O–H groups in total. The van der Waals surface area contributed by atoms with Crippen LogP contribution in [0.1, 0.15) is 51.0 Å². The highest BCUT2D eigenvalue weighted by Crippen LogP contribution is 2.20. The fourth-order valence-corrected chi connectivity index (χ4v) is 3.75. The Balaban J connectivity index is 1.74. The summed E-state index contributed by atoms with van der Waals surface area (Å²) in [6, 6.07) is 6.87. The third-order valence-corrected chi connectivity index (χ3v) is 5.76. The van der Waals surface area contributed by atoms with Gasteiger partial charge in [-0.25, -0.2) is 13.4 Å². The molecule has 0 bridgehead atoms. The molecule has 0 atom stereocenters. The molecule has 152 valence electrons. The number of hydrogen-bond acceptors (Lipinski definition) is 4. The largest absolute Gasteiger partial charge is 0.378 e. The lowest BCUT2D eigenvalue weighted by atomic mass is 9.98. The smallest absolute Gasteiger partial charge is 0.191 e. The van der Waals surface area contributed by atoms with Crippen molar-refractivity contribution in [2.24, 2.45) is 4.99 Å². The van der Waals surface area contributed by atoms with E-state index in [1.54, 1.807) is 12.1 Å². The van der Waals surface area contributed by atoms with Crippen LogP contribution in [0, 0.1) is 0 Å². The van der Waals surface area contributed by atoms with Gasteiger partial charge in [0.05, 0.1) is 17.5 Å². The summed E-state index contributed by atoms with van der Waals surface area (Å²) < 4.78 is 29.0. The minimum Gasteiger partial charge on any atom is -0.378 e. The van der Waals surface area contributed by atoms with E-state index in [1.807, 2.05) is 19.1 Å².